The van der Waals surface area contributed by atoms with Gasteiger partial charge in [-0.15, -0.1) is 0 Å². The highest BCUT2D eigenvalue weighted by atomic mass is 32.2. The van der Waals surface area contributed by atoms with Gasteiger partial charge in [0.15, 0.2) is 5.69 Å². The maximum Gasteiger partial charge on any atom is 0.305 e. The van der Waals surface area contributed by atoms with Crippen LogP contribution in [-0.4, -0.2) is 42.6 Å². The zero-order valence-corrected chi connectivity index (χ0v) is 17.7. The van der Waals surface area contributed by atoms with E-state index in [9.17, 15) is 23.5 Å². The Labute approximate surface area is 181 Å². The summed E-state index contributed by atoms with van der Waals surface area (Å²) in [6.07, 6.45) is -0.302. The van der Waals surface area contributed by atoms with Gasteiger partial charge in [0.1, 0.15) is 5.82 Å². The Kier molecular flexibility index (Phi) is 6.83. The number of rotatable bonds is 8. The van der Waals surface area contributed by atoms with Crippen LogP contribution in [0.1, 0.15) is 34.1 Å². The maximum absolute atomic E-state index is 13.0. The molecule has 2 atom stereocenters. The topological polar surface area (TPSA) is 125 Å². The quantitative estimate of drug-likeness (QED) is 0.461. The number of amides is 1. The molecule has 0 bridgehead atoms. The lowest BCUT2D eigenvalue weighted by Crippen LogP contribution is -2.31. The SMILES string of the molecule is Cc1ccccc1[C@H](CC(=O)O)NC(=O)c1cc(N(C)S(=O)O)n(-c2ccccc2)n1. The number of hydrogen-bond donors (Lipinski definition) is 3. The van der Waals surface area contributed by atoms with E-state index in [2.05, 4.69) is 10.4 Å². The van der Waals surface area contributed by atoms with Crippen LogP contribution in [-0.2, 0) is 16.1 Å². The van der Waals surface area contributed by atoms with Crippen molar-refractivity contribution in [1.29, 1.82) is 0 Å². The molecule has 0 radical (unpaired) electrons. The molecule has 3 aromatic rings. The first kappa shape index (κ1) is 22.2. The summed E-state index contributed by atoms with van der Waals surface area (Å²) in [6, 6.07) is 16.7. The lowest BCUT2D eigenvalue weighted by molar-refractivity contribution is -0.137. The number of carboxylic acids is 1. The Morgan fingerprint density at radius 3 is 2.42 bits per heavy atom. The summed E-state index contributed by atoms with van der Waals surface area (Å²) in [7, 11) is 1.40. The van der Waals surface area contributed by atoms with Crippen molar-refractivity contribution in [2.75, 3.05) is 11.4 Å². The molecule has 2 aromatic carbocycles. The van der Waals surface area contributed by atoms with E-state index in [0.29, 0.717) is 11.3 Å². The summed E-state index contributed by atoms with van der Waals surface area (Å²) in [5.74, 6) is -1.43. The van der Waals surface area contributed by atoms with Crippen molar-refractivity contribution in [3.63, 3.8) is 0 Å². The van der Waals surface area contributed by atoms with E-state index in [-0.39, 0.29) is 17.9 Å². The molecule has 0 aliphatic rings. The predicted octanol–water partition coefficient (Wildman–Crippen LogP) is 2.70. The third-order valence-electron chi connectivity index (χ3n) is 4.73. The number of nitrogens with zero attached hydrogens (tertiary/aromatic N) is 3. The first-order chi connectivity index (χ1) is 14.8. The van der Waals surface area contributed by atoms with Gasteiger partial charge in [-0.1, -0.05) is 42.5 Å². The molecule has 1 aromatic heterocycles. The van der Waals surface area contributed by atoms with E-state index in [0.717, 1.165) is 9.87 Å². The minimum absolute atomic E-state index is 0.0138. The van der Waals surface area contributed by atoms with E-state index in [1.54, 1.807) is 36.4 Å². The molecule has 1 amide bonds. The molecule has 0 aliphatic heterocycles. The van der Waals surface area contributed by atoms with Gasteiger partial charge in [0, 0.05) is 13.1 Å². The van der Waals surface area contributed by atoms with Crippen molar-refractivity contribution in [3.05, 3.63) is 77.5 Å². The standard InChI is InChI=1S/C21H22N4O5S/c1-14-8-6-7-11-16(14)17(13-20(26)27)22-21(28)18-12-19(24(2)31(29)30)25(23-18)15-9-4-3-5-10-15/h3-12,17H,13H2,1-2H3,(H,22,28)(H,26,27)(H,29,30)/t17-/m0/s1. The summed E-state index contributed by atoms with van der Waals surface area (Å²) in [5.41, 5.74) is 2.12. The lowest BCUT2D eigenvalue weighted by atomic mass is 9.98. The van der Waals surface area contributed by atoms with Gasteiger partial charge in [0.25, 0.3) is 17.2 Å². The highest BCUT2D eigenvalue weighted by Crippen LogP contribution is 2.24. The molecule has 0 fully saturated rings. The van der Waals surface area contributed by atoms with Crippen LogP contribution in [0.3, 0.4) is 0 Å². The molecule has 31 heavy (non-hydrogen) atoms. The zero-order chi connectivity index (χ0) is 22.5. The zero-order valence-electron chi connectivity index (χ0n) is 16.9. The third kappa shape index (κ3) is 5.16. The highest BCUT2D eigenvalue weighted by molar-refractivity contribution is 7.80. The van der Waals surface area contributed by atoms with Gasteiger partial charge in [-0.3, -0.25) is 18.4 Å². The number of carbonyl (C=O) groups is 2. The molecule has 1 unspecified atom stereocenters. The number of aliphatic carboxylic acids is 1. The molecule has 0 spiro atoms. The highest BCUT2D eigenvalue weighted by Gasteiger charge is 2.24. The average Bonchev–Trinajstić information content (AvgIpc) is 3.19. The average molecular weight is 442 g/mol. The van der Waals surface area contributed by atoms with Gasteiger partial charge in [-0.25, -0.2) is 8.89 Å². The van der Waals surface area contributed by atoms with E-state index >= 15 is 0 Å². The van der Waals surface area contributed by atoms with Crippen molar-refractivity contribution >= 4 is 29.0 Å². The van der Waals surface area contributed by atoms with E-state index in [1.807, 2.05) is 25.1 Å². The van der Waals surface area contributed by atoms with Crippen LogP contribution in [0, 0.1) is 6.92 Å². The van der Waals surface area contributed by atoms with Crippen molar-refractivity contribution in [2.45, 2.75) is 19.4 Å². The summed E-state index contributed by atoms with van der Waals surface area (Å²) < 4.78 is 23.6. The van der Waals surface area contributed by atoms with E-state index in [4.69, 9.17) is 0 Å². The van der Waals surface area contributed by atoms with Gasteiger partial charge >= 0.3 is 5.97 Å². The number of para-hydroxylation sites is 1. The number of nitrogens with one attached hydrogen (secondary N) is 1. The smallest absolute Gasteiger partial charge is 0.305 e. The Morgan fingerprint density at radius 1 is 1.16 bits per heavy atom. The number of aromatic nitrogens is 2. The van der Waals surface area contributed by atoms with Crippen molar-refractivity contribution in [2.24, 2.45) is 0 Å². The number of carbonyl (C=O) groups excluding carboxylic acids is 1. The van der Waals surface area contributed by atoms with Crippen molar-refractivity contribution < 1.29 is 23.5 Å². The molecule has 0 saturated carbocycles. The minimum Gasteiger partial charge on any atom is -0.481 e. The van der Waals surface area contributed by atoms with Gasteiger partial charge in [0.05, 0.1) is 18.2 Å². The van der Waals surface area contributed by atoms with Crippen molar-refractivity contribution in [3.8, 4) is 5.69 Å². The van der Waals surface area contributed by atoms with Crippen LogP contribution in [0.5, 0.6) is 0 Å². The molecule has 1 heterocycles. The van der Waals surface area contributed by atoms with Crippen LogP contribution < -0.4 is 9.62 Å². The predicted molar refractivity (Wildman–Crippen MR) is 116 cm³/mol. The van der Waals surface area contributed by atoms with Crippen LogP contribution in [0.15, 0.2) is 60.7 Å². The Morgan fingerprint density at radius 2 is 1.81 bits per heavy atom. The first-order valence-electron chi connectivity index (χ1n) is 9.36. The Hall–Kier alpha value is -3.50. The number of carboxylic acid groups (broad SMARTS) is 1. The number of benzene rings is 2. The lowest BCUT2D eigenvalue weighted by Gasteiger charge is -2.18. The second kappa shape index (κ2) is 9.54. The van der Waals surface area contributed by atoms with Crippen molar-refractivity contribution in [1.82, 2.24) is 15.1 Å². The normalized spacial score (nSPS) is 12.7. The largest absolute Gasteiger partial charge is 0.481 e. The molecule has 3 N–H and O–H groups in total. The van der Waals surface area contributed by atoms with Gasteiger partial charge in [0.2, 0.25) is 0 Å². The fraction of sp³-hybridized carbons (Fsp3) is 0.190. The fourth-order valence-electron chi connectivity index (χ4n) is 3.17. The fourth-order valence-corrected chi connectivity index (χ4v) is 3.46. The maximum atomic E-state index is 13.0. The van der Waals surface area contributed by atoms with Gasteiger partial charge in [-0.05, 0) is 30.2 Å². The van der Waals surface area contributed by atoms with Crippen LogP contribution in [0.2, 0.25) is 0 Å². The second-order valence-electron chi connectivity index (χ2n) is 6.84. The Bertz CT molecular complexity index is 1120. The molecule has 0 aliphatic carbocycles. The second-order valence-corrected chi connectivity index (χ2v) is 7.85. The molecule has 162 valence electrons. The van der Waals surface area contributed by atoms with E-state index in [1.165, 1.54) is 17.8 Å². The third-order valence-corrected chi connectivity index (χ3v) is 5.38. The van der Waals surface area contributed by atoms with Gasteiger partial charge in [-0.2, -0.15) is 5.10 Å². The van der Waals surface area contributed by atoms with Crippen LogP contribution in [0.25, 0.3) is 5.69 Å². The molecule has 0 saturated heterocycles. The van der Waals surface area contributed by atoms with Crippen LogP contribution >= 0.6 is 0 Å². The monoisotopic (exact) mass is 442 g/mol. The number of anilines is 1. The van der Waals surface area contributed by atoms with Gasteiger partial charge < -0.3 is 10.4 Å². The van der Waals surface area contributed by atoms with Crippen LogP contribution in [0.4, 0.5) is 5.82 Å². The molecule has 9 nitrogen and oxygen atoms in total. The minimum atomic E-state index is -2.33. The number of aryl methyl sites for hydroxylation is 1. The summed E-state index contributed by atoms with van der Waals surface area (Å²) >= 11 is -2.33. The first-order valence-corrected chi connectivity index (χ1v) is 10.4. The Balaban J connectivity index is 1.97. The molecular weight excluding hydrogens is 420 g/mol. The molecular formula is C21H22N4O5S. The molecule has 10 heteroatoms. The molecule has 3 rings (SSSR count). The summed E-state index contributed by atoms with van der Waals surface area (Å²) in [4.78, 5) is 24.4. The summed E-state index contributed by atoms with van der Waals surface area (Å²) in [5, 5.41) is 16.3. The number of hydrogen-bond acceptors (Lipinski definition) is 4. The summed E-state index contributed by atoms with van der Waals surface area (Å²) in [6.45, 7) is 1.84. The van der Waals surface area contributed by atoms with E-state index < -0.39 is 29.2 Å².